The maximum Gasteiger partial charge on any atom is 0.355 e. The number of halogens is 1. The van der Waals surface area contributed by atoms with Crippen LogP contribution < -0.4 is 5.56 Å². The van der Waals surface area contributed by atoms with Crippen molar-refractivity contribution in [3.05, 3.63) is 105 Å². The first-order chi connectivity index (χ1) is 15.0. The molecule has 0 aliphatic carbocycles. The number of pyridine rings is 1. The van der Waals surface area contributed by atoms with E-state index in [1.54, 1.807) is 42.5 Å². The molecule has 0 aliphatic rings. The Kier molecular flexibility index (Phi) is 5.69. The molecule has 0 spiro atoms. The number of fused-ring (bicyclic) bond motifs is 1. The lowest BCUT2D eigenvalue weighted by atomic mass is 9.95. The Balaban J connectivity index is 2.12. The van der Waals surface area contributed by atoms with Gasteiger partial charge in [0, 0.05) is 21.5 Å². The molecule has 3 aromatic carbocycles. The zero-order valence-corrected chi connectivity index (χ0v) is 17.4. The number of benzene rings is 3. The molecule has 0 N–H and O–H groups in total. The molecule has 1 aromatic heterocycles. The number of methoxy groups -OCH3 is 1. The highest BCUT2D eigenvalue weighted by Gasteiger charge is 2.24. The molecule has 0 saturated carbocycles. The number of carbonyl (C=O) groups is 2. The SMILES string of the molecule is COC(=O)c1c(-c2ccc(C=O)cc2)c2cc(Cl)ccc2c(=O)n1Cc1ccccc1. The minimum Gasteiger partial charge on any atom is -0.464 e. The predicted octanol–water partition coefficient (Wildman–Crippen LogP) is 4.97. The number of hydrogen-bond acceptors (Lipinski definition) is 4. The topological polar surface area (TPSA) is 65.4 Å². The Morgan fingerprint density at radius 1 is 1.00 bits per heavy atom. The van der Waals surface area contributed by atoms with Gasteiger partial charge >= 0.3 is 5.97 Å². The van der Waals surface area contributed by atoms with Crippen LogP contribution in [0.15, 0.2) is 77.6 Å². The van der Waals surface area contributed by atoms with Gasteiger partial charge in [0.25, 0.3) is 5.56 Å². The third kappa shape index (κ3) is 3.88. The van der Waals surface area contributed by atoms with Gasteiger partial charge in [0.15, 0.2) is 0 Å². The number of rotatable bonds is 5. The average molecular weight is 432 g/mol. The monoisotopic (exact) mass is 431 g/mol. The van der Waals surface area contributed by atoms with Crippen molar-refractivity contribution in [3.63, 3.8) is 0 Å². The van der Waals surface area contributed by atoms with Gasteiger partial charge in [-0.25, -0.2) is 4.79 Å². The van der Waals surface area contributed by atoms with Gasteiger partial charge in [0.1, 0.15) is 12.0 Å². The molecule has 5 nitrogen and oxygen atoms in total. The predicted molar refractivity (Wildman–Crippen MR) is 121 cm³/mol. The summed E-state index contributed by atoms with van der Waals surface area (Å²) in [5, 5.41) is 1.41. The molecule has 0 aliphatic heterocycles. The standard InChI is InChI=1S/C25H18ClNO4/c1-31-25(30)23-22(18-9-7-17(15-28)8-10-18)21-13-19(26)11-12-20(21)24(29)27(23)14-16-5-3-2-4-6-16/h2-13,15H,14H2,1H3. The quantitative estimate of drug-likeness (QED) is 0.330. The van der Waals surface area contributed by atoms with Crippen molar-refractivity contribution in [2.24, 2.45) is 0 Å². The van der Waals surface area contributed by atoms with E-state index in [-0.39, 0.29) is 17.8 Å². The molecule has 154 valence electrons. The summed E-state index contributed by atoms with van der Waals surface area (Å²) in [6.07, 6.45) is 0.746. The lowest BCUT2D eigenvalue weighted by molar-refractivity contribution is 0.0588. The summed E-state index contributed by atoms with van der Waals surface area (Å²) in [5.74, 6) is -0.635. The largest absolute Gasteiger partial charge is 0.464 e. The van der Waals surface area contributed by atoms with Gasteiger partial charge in [0.05, 0.1) is 13.7 Å². The highest BCUT2D eigenvalue weighted by atomic mass is 35.5. The number of hydrogen-bond donors (Lipinski definition) is 0. The molecular formula is C25H18ClNO4. The summed E-state index contributed by atoms with van der Waals surface area (Å²) in [6.45, 7) is 0.197. The molecule has 6 heteroatoms. The van der Waals surface area contributed by atoms with Crippen LogP contribution in [0.25, 0.3) is 21.9 Å². The zero-order valence-electron chi connectivity index (χ0n) is 16.7. The van der Waals surface area contributed by atoms with Crippen molar-refractivity contribution in [3.8, 4) is 11.1 Å². The normalized spacial score (nSPS) is 10.8. The van der Waals surface area contributed by atoms with Crippen LogP contribution in [0.2, 0.25) is 5.02 Å². The maximum atomic E-state index is 13.4. The summed E-state index contributed by atoms with van der Waals surface area (Å²) < 4.78 is 6.50. The van der Waals surface area contributed by atoms with E-state index in [0.717, 1.165) is 11.8 Å². The second kappa shape index (κ2) is 8.58. The van der Waals surface area contributed by atoms with Gasteiger partial charge in [-0.3, -0.25) is 14.2 Å². The van der Waals surface area contributed by atoms with Crippen molar-refractivity contribution in [2.45, 2.75) is 6.54 Å². The third-order valence-corrected chi connectivity index (χ3v) is 5.37. The first kappa shape index (κ1) is 20.6. The molecule has 0 fully saturated rings. The molecule has 0 bridgehead atoms. The van der Waals surface area contributed by atoms with E-state index >= 15 is 0 Å². The first-order valence-corrected chi connectivity index (χ1v) is 9.95. The van der Waals surface area contributed by atoms with Crippen LogP contribution in [0.4, 0.5) is 0 Å². The van der Waals surface area contributed by atoms with Gasteiger partial charge in [-0.05, 0) is 34.7 Å². The Hall–Kier alpha value is -3.70. The van der Waals surface area contributed by atoms with Crippen LogP contribution in [0, 0.1) is 0 Å². The second-order valence-electron chi connectivity index (χ2n) is 7.02. The number of ether oxygens (including phenoxy) is 1. The third-order valence-electron chi connectivity index (χ3n) is 5.13. The van der Waals surface area contributed by atoms with E-state index in [4.69, 9.17) is 16.3 Å². The second-order valence-corrected chi connectivity index (χ2v) is 7.46. The fourth-order valence-corrected chi connectivity index (χ4v) is 3.84. The molecule has 0 amide bonds. The van der Waals surface area contributed by atoms with Gasteiger partial charge in [-0.2, -0.15) is 0 Å². The molecule has 0 atom stereocenters. The van der Waals surface area contributed by atoms with Crippen molar-refractivity contribution < 1.29 is 14.3 Å². The molecule has 4 rings (SSSR count). The maximum absolute atomic E-state index is 13.4. The molecule has 31 heavy (non-hydrogen) atoms. The van der Waals surface area contributed by atoms with Crippen LogP contribution in [0.5, 0.6) is 0 Å². The summed E-state index contributed by atoms with van der Waals surface area (Å²) in [4.78, 5) is 37.5. The fraction of sp³-hybridized carbons (Fsp3) is 0.0800. The summed E-state index contributed by atoms with van der Waals surface area (Å²) in [5.41, 5.74) is 2.38. The Bertz CT molecular complexity index is 1340. The summed E-state index contributed by atoms with van der Waals surface area (Å²) in [7, 11) is 1.28. The van der Waals surface area contributed by atoms with Gasteiger partial charge < -0.3 is 4.74 Å². The van der Waals surface area contributed by atoms with Crippen molar-refractivity contribution >= 4 is 34.6 Å². The number of aromatic nitrogens is 1. The van der Waals surface area contributed by atoms with E-state index in [1.807, 2.05) is 30.3 Å². The van der Waals surface area contributed by atoms with Gasteiger partial charge in [-0.1, -0.05) is 66.2 Å². The zero-order chi connectivity index (χ0) is 22.0. The molecule has 0 unspecified atom stereocenters. The highest BCUT2D eigenvalue weighted by Crippen LogP contribution is 2.33. The number of esters is 1. The number of carbonyl (C=O) groups excluding carboxylic acids is 2. The molecule has 4 aromatic rings. The van der Waals surface area contributed by atoms with E-state index < -0.39 is 5.97 Å². The Morgan fingerprint density at radius 2 is 1.71 bits per heavy atom. The molecule has 1 heterocycles. The fourth-order valence-electron chi connectivity index (χ4n) is 3.67. The first-order valence-electron chi connectivity index (χ1n) is 9.57. The van der Waals surface area contributed by atoms with E-state index in [9.17, 15) is 14.4 Å². The van der Waals surface area contributed by atoms with Crippen LogP contribution in [-0.2, 0) is 11.3 Å². The number of nitrogens with zero attached hydrogens (tertiary/aromatic N) is 1. The molecule has 0 radical (unpaired) electrons. The summed E-state index contributed by atoms with van der Waals surface area (Å²) >= 11 is 6.24. The van der Waals surface area contributed by atoms with Gasteiger partial charge in [-0.15, -0.1) is 0 Å². The van der Waals surface area contributed by atoms with Crippen molar-refractivity contribution in [1.29, 1.82) is 0 Å². The minimum absolute atomic E-state index is 0.130. The smallest absolute Gasteiger partial charge is 0.355 e. The Labute approximate surface area is 183 Å². The van der Waals surface area contributed by atoms with Gasteiger partial charge in [0.2, 0.25) is 0 Å². The van der Waals surface area contributed by atoms with E-state index in [1.165, 1.54) is 11.7 Å². The van der Waals surface area contributed by atoms with Crippen LogP contribution >= 0.6 is 11.6 Å². The van der Waals surface area contributed by atoms with Crippen molar-refractivity contribution in [1.82, 2.24) is 4.57 Å². The minimum atomic E-state index is -0.635. The van der Waals surface area contributed by atoms with E-state index in [2.05, 4.69) is 0 Å². The Morgan fingerprint density at radius 3 is 2.35 bits per heavy atom. The lowest BCUT2D eigenvalue weighted by Crippen LogP contribution is -2.28. The van der Waals surface area contributed by atoms with Crippen LogP contribution in [-0.4, -0.2) is 23.9 Å². The van der Waals surface area contributed by atoms with Crippen LogP contribution in [0.3, 0.4) is 0 Å². The van der Waals surface area contributed by atoms with E-state index in [0.29, 0.717) is 32.5 Å². The highest BCUT2D eigenvalue weighted by molar-refractivity contribution is 6.31. The van der Waals surface area contributed by atoms with Crippen molar-refractivity contribution in [2.75, 3.05) is 7.11 Å². The molecular weight excluding hydrogens is 414 g/mol. The average Bonchev–Trinajstić information content (AvgIpc) is 2.81. The number of aldehydes is 1. The molecule has 0 saturated heterocycles. The summed E-state index contributed by atoms with van der Waals surface area (Å²) in [6, 6.07) is 21.2. The van der Waals surface area contributed by atoms with Crippen LogP contribution in [0.1, 0.15) is 26.4 Å². The lowest BCUT2D eigenvalue weighted by Gasteiger charge is -2.19.